The molecule has 7 heteroatoms. The Morgan fingerprint density at radius 3 is 2.08 bits per heavy atom. The standard InChI is InChI=1S/C19H17F2NO4/c20-17(21)9-16(18(23)24)22-19(25)26-10-15-13-7-3-1-5-11(13)12-6-2-4-8-14(12)15/h1-8,15-17H,9-10H2,(H,22,25)(H,23,24)/t16-/m1/s1. The first-order chi connectivity index (χ1) is 12.5. The highest BCUT2D eigenvalue weighted by Gasteiger charge is 2.30. The zero-order valence-electron chi connectivity index (χ0n) is 13.7. The van der Waals surface area contributed by atoms with Crippen LogP contribution in [0.1, 0.15) is 23.5 Å². The molecule has 1 aliphatic rings. The fourth-order valence-electron chi connectivity index (χ4n) is 3.18. The summed E-state index contributed by atoms with van der Waals surface area (Å²) < 4.78 is 29.9. The number of hydrogen-bond acceptors (Lipinski definition) is 3. The van der Waals surface area contributed by atoms with E-state index < -0.39 is 31.0 Å². The van der Waals surface area contributed by atoms with Crippen LogP contribution in [0, 0.1) is 0 Å². The summed E-state index contributed by atoms with van der Waals surface area (Å²) >= 11 is 0. The van der Waals surface area contributed by atoms with Gasteiger partial charge >= 0.3 is 12.1 Å². The summed E-state index contributed by atoms with van der Waals surface area (Å²) in [7, 11) is 0. The molecule has 1 aliphatic carbocycles. The molecule has 0 saturated heterocycles. The van der Waals surface area contributed by atoms with E-state index in [1.807, 2.05) is 53.8 Å². The van der Waals surface area contributed by atoms with Crippen LogP contribution in [0.5, 0.6) is 0 Å². The van der Waals surface area contributed by atoms with Gasteiger partial charge in [-0.15, -0.1) is 0 Å². The smallest absolute Gasteiger partial charge is 0.407 e. The Bertz CT molecular complexity index is 779. The number of aliphatic carboxylic acids is 1. The minimum atomic E-state index is -2.84. The number of amides is 1. The van der Waals surface area contributed by atoms with Crippen LogP contribution >= 0.6 is 0 Å². The van der Waals surface area contributed by atoms with Gasteiger partial charge in [-0.25, -0.2) is 18.4 Å². The molecule has 0 spiro atoms. The summed E-state index contributed by atoms with van der Waals surface area (Å²) in [6.07, 6.45) is -4.84. The predicted octanol–water partition coefficient (Wildman–Crippen LogP) is 3.63. The lowest BCUT2D eigenvalue weighted by atomic mass is 9.98. The van der Waals surface area contributed by atoms with E-state index in [0.29, 0.717) is 0 Å². The molecule has 5 nitrogen and oxygen atoms in total. The van der Waals surface area contributed by atoms with E-state index in [1.165, 1.54) is 0 Å². The average molecular weight is 361 g/mol. The summed E-state index contributed by atoms with van der Waals surface area (Å²) in [6.45, 7) is -0.0130. The van der Waals surface area contributed by atoms with Crippen LogP contribution in [-0.2, 0) is 9.53 Å². The maximum Gasteiger partial charge on any atom is 0.407 e. The number of alkyl carbamates (subject to hydrolysis) is 1. The Morgan fingerprint density at radius 1 is 1.04 bits per heavy atom. The van der Waals surface area contributed by atoms with Gasteiger partial charge in [0.1, 0.15) is 12.6 Å². The number of rotatable bonds is 6. The Morgan fingerprint density at radius 2 is 1.58 bits per heavy atom. The van der Waals surface area contributed by atoms with Gasteiger partial charge in [-0.3, -0.25) is 0 Å². The number of fused-ring (bicyclic) bond motifs is 3. The fourth-order valence-corrected chi connectivity index (χ4v) is 3.18. The first kappa shape index (κ1) is 17.8. The van der Waals surface area contributed by atoms with Crippen molar-refractivity contribution >= 4 is 12.1 Å². The molecule has 0 unspecified atom stereocenters. The third kappa shape index (κ3) is 3.66. The second-order valence-electron chi connectivity index (χ2n) is 5.99. The molecular weight excluding hydrogens is 344 g/mol. The summed E-state index contributed by atoms with van der Waals surface area (Å²) in [5, 5.41) is 10.9. The van der Waals surface area contributed by atoms with Crippen LogP contribution in [0.4, 0.5) is 13.6 Å². The molecule has 2 aromatic rings. The van der Waals surface area contributed by atoms with Crippen LogP contribution in [0.15, 0.2) is 48.5 Å². The first-order valence-electron chi connectivity index (χ1n) is 8.10. The van der Waals surface area contributed by atoms with Gasteiger partial charge < -0.3 is 15.2 Å². The van der Waals surface area contributed by atoms with E-state index in [1.54, 1.807) is 0 Å². The van der Waals surface area contributed by atoms with Crippen LogP contribution in [0.25, 0.3) is 11.1 Å². The number of carbonyl (C=O) groups excluding carboxylic acids is 1. The van der Waals surface area contributed by atoms with Gasteiger partial charge in [-0.1, -0.05) is 48.5 Å². The first-order valence-corrected chi connectivity index (χ1v) is 8.10. The van der Waals surface area contributed by atoms with E-state index in [0.717, 1.165) is 22.3 Å². The number of hydrogen-bond donors (Lipinski definition) is 2. The Labute approximate surface area is 148 Å². The molecule has 3 rings (SSSR count). The maximum absolute atomic E-state index is 12.4. The van der Waals surface area contributed by atoms with Crippen molar-refractivity contribution in [1.82, 2.24) is 5.32 Å². The molecule has 0 radical (unpaired) electrons. The molecule has 1 amide bonds. The van der Waals surface area contributed by atoms with Crippen molar-refractivity contribution in [3.8, 4) is 11.1 Å². The van der Waals surface area contributed by atoms with E-state index in [4.69, 9.17) is 9.84 Å². The summed E-state index contributed by atoms with van der Waals surface area (Å²) in [4.78, 5) is 22.8. The third-order valence-electron chi connectivity index (χ3n) is 4.35. The van der Waals surface area contributed by atoms with Crippen molar-refractivity contribution in [2.45, 2.75) is 24.8 Å². The van der Waals surface area contributed by atoms with Crippen molar-refractivity contribution in [2.75, 3.05) is 6.61 Å². The normalized spacial score (nSPS) is 13.8. The van der Waals surface area contributed by atoms with E-state index in [2.05, 4.69) is 0 Å². The van der Waals surface area contributed by atoms with Gasteiger partial charge in [0.15, 0.2) is 0 Å². The number of halogens is 2. The number of ether oxygens (including phenoxy) is 1. The Hall–Kier alpha value is -2.96. The van der Waals surface area contributed by atoms with Gasteiger partial charge in [0.25, 0.3) is 0 Å². The third-order valence-corrected chi connectivity index (χ3v) is 4.35. The highest BCUT2D eigenvalue weighted by molar-refractivity contribution is 5.81. The van der Waals surface area contributed by atoms with E-state index in [9.17, 15) is 18.4 Å². The van der Waals surface area contributed by atoms with Gasteiger partial charge in [-0.2, -0.15) is 0 Å². The molecule has 1 atom stereocenters. The number of alkyl halides is 2. The number of carboxylic acids is 1. The van der Waals surface area contributed by atoms with E-state index in [-0.39, 0.29) is 12.5 Å². The molecular formula is C19H17F2NO4. The highest BCUT2D eigenvalue weighted by Crippen LogP contribution is 2.44. The van der Waals surface area contributed by atoms with Crippen molar-refractivity contribution in [1.29, 1.82) is 0 Å². The lowest BCUT2D eigenvalue weighted by molar-refractivity contribution is -0.140. The lowest BCUT2D eigenvalue weighted by Crippen LogP contribution is -2.42. The minimum absolute atomic E-state index is 0.0130. The molecule has 0 aromatic heterocycles. The van der Waals surface area contributed by atoms with Crippen molar-refractivity contribution < 1.29 is 28.2 Å². The van der Waals surface area contributed by atoms with Crippen molar-refractivity contribution in [2.24, 2.45) is 0 Å². The zero-order chi connectivity index (χ0) is 18.7. The minimum Gasteiger partial charge on any atom is -0.480 e. The molecule has 2 aromatic carbocycles. The SMILES string of the molecule is O=C(N[C@H](CC(F)F)C(=O)O)OCC1c2ccccc2-c2ccccc21. The molecule has 26 heavy (non-hydrogen) atoms. The summed E-state index contributed by atoms with van der Waals surface area (Å²) in [6, 6.07) is 13.8. The second kappa shape index (κ2) is 7.51. The second-order valence-corrected chi connectivity index (χ2v) is 5.99. The van der Waals surface area contributed by atoms with Gasteiger partial charge in [0.2, 0.25) is 6.43 Å². The zero-order valence-corrected chi connectivity index (χ0v) is 13.7. The summed E-state index contributed by atoms with van der Waals surface area (Å²) in [5.41, 5.74) is 4.11. The quantitative estimate of drug-likeness (QED) is 0.824. The summed E-state index contributed by atoms with van der Waals surface area (Å²) in [5.74, 6) is -1.72. The maximum atomic E-state index is 12.4. The van der Waals surface area contributed by atoms with Crippen LogP contribution in [-0.4, -0.2) is 36.2 Å². The molecule has 2 N–H and O–H groups in total. The van der Waals surface area contributed by atoms with Crippen LogP contribution in [0.2, 0.25) is 0 Å². The molecule has 0 saturated carbocycles. The van der Waals surface area contributed by atoms with Crippen molar-refractivity contribution in [3.63, 3.8) is 0 Å². The predicted molar refractivity (Wildman–Crippen MR) is 90.2 cm³/mol. The largest absolute Gasteiger partial charge is 0.480 e. The highest BCUT2D eigenvalue weighted by atomic mass is 19.3. The van der Waals surface area contributed by atoms with Crippen molar-refractivity contribution in [3.05, 3.63) is 59.7 Å². The van der Waals surface area contributed by atoms with Gasteiger partial charge in [0, 0.05) is 12.3 Å². The average Bonchev–Trinajstić information content (AvgIpc) is 2.93. The fraction of sp³-hybridized carbons (Fsp3) is 0.263. The Kier molecular flexibility index (Phi) is 5.16. The number of carbonyl (C=O) groups is 2. The molecule has 0 aliphatic heterocycles. The Balaban J connectivity index is 1.70. The monoisotopic (exact) mass is 361 g/mol. The van der Waals surface area contributed by atoms with Crippen LogP contribution in [0.3, 0.4) is 0 Å². The molecule has 136 valence electrons. The van der Waals surface area contributed by atoms with Crippen LogP contribution < -0.4 is 5.32 Å². The van der Waals surface area contributed by atoms with E-state index >= 15 is 0 Å². The topological polar surface area (TPSA) is 75.6 Å². The van der Waals surface area contributed by atoms with Gasteiger partial charge in [-0.05, 0) is 22.3 Å². The molecule has 0 fully saturated rings. The number of carboxylic acid groups (broad SMARTS) is 1. The molecule has 0 bridgehead atoms. The van der Waals surface area contributed by atoms with Gasteiger partial charge in [0.05, 0.1) is 0 Å². The lowest BCUT2D eigenvalue weighted by Gasteiger charge is -2.17. The number of benzene rings is 2. The number of nitrogens with one attached hydrogen (secondary N) is 1. The molecule has 0 heterocycles.